The molecule has 0 aliphatic heterocycles. The molecule has 2 aromatic heterocycles. The van der Waals surface area contributed by atoms with Gasteiger partial charge in [-0.15, -0.1) is 0 Å². The molecule has 0 spiro atoms. The summed E-state index contributed by atoms with van der Waals surface area (Å²) in [5.74, 6) is 2.09. The van der Waals surface area contributed by atoms with Gasteiger partial charge in [-0.3, -0.25) is 0 Å². The molecule has 0 bridgehead atoms. The van der Waals surface area contributed by atoms with Crippen LogP contribution in [0, 0.1) is 0 Å². The second-order valence-corrected chi connectivity index (χ2v) is 4.90. The molecule has 0 atom stereocenters. The van der Waals surface area contributed by atoms with Gasteiger partial charge in [0.25, 0.3) is 0 Å². The van der Waals surface area contributed by atoms with Crippen LogP contribution >= 0.6 is 0 Å². The van der Waals surface area contributed by atoms with E-state index in [1.165, 1.54) is 16.5 Å². The SMILES string of the molecule is Cn1c(C(C)(C)C)cc2cccbc21. The van der Waals surface area contributed by atoms with E-state index in [0.29, 0.717) is 0 Å². The Hall–Kier alpha value is -1.05. The van der Waals surface area contributed by atoms with Crippen molar-refractivity contribution in [2.24, 2.45) is 7.05 Å². The molecule has 2 heterocycles. The minimum absolute atomic E-state index is 0.216. The van der Waals surface area contributed by atoms with Crippen molar-refractivity contribution in [3.63, 3.8) is 0 Å². The summed E-state index contributed by atoms with van der Waals surface area (Å²) in [6.45, 7) is 8.92. The van der Waals surface area contributed by atoms with Gasteiger partial charge in [-0.1, -0.05) is 0 Å². The van der Waals surface area contributed by atoms with Gasteiger partial charge in [0.05, 0.1) is 0 Å². The number of hydrogen-bond donors (Lipinski definition) is 0. The van der Waals surface area contributed by atoms with Crippen LogP contribution < -0.4 is 0 Å². The van der Waals surface area contributed by atoms with Crippen LogP contribution in [-0.4, -0.2) is 11.5 Å². The predicted octanol–water partition coefficient (Wildman–Crippen LogP) is 2.81. The third-order valence-corrected chi connectivity index (χ3v) is 2.72. The van der Waals surface area contributed by atoms with E-state index >= 15 is 0 Å². The fourth-order valence-corrected chi connectivity index (χ4v) is 2.01. The Bertz CT molecular complexity index is 463. The average Bonchev–Trinajstić information content (AvgIpc) is 2.44. The monoisotopic (exact) mass is 185 g/mol. The van der Waals surface area contributed by atoms with E-state index in [0.717, 1.165) is 0 Å². The van der Waals surface area contributed by atoms with Gasteiger partial charge in [0.2, 0.25) is 0 Å². The molecule has 14 heavy (non-hydrogen) atoms. The van der Waals surface area contributed by atoms with E-state index in [1.807, 2.05) is 0 Å². The zero-order valence-electron chi connectivity index (χ0n) is 9.33. The molecule has 0 aliphatic rings. The Morgan fingerprint density at radius 3 is 2.57 bits per heavy atom. The van der Waals surface area contributed by atoms with Crippen molar-refractivity contribution in [3.8, 4) is 0 Å². The fourth-order valence-electron chi connectivity index (χ4n) is 2.01. The maximum absolute atomic E-state index is 2.29. The normalized spacial score (nSPS) is 12.0. The molecule has 0 aromatic carbocycles. The zero-order valence-corrected chi connectivity index (χ0v) is 9.33. The third-order valence-electron chi connectivity index (χ3n) is 2.72. The molecule has 2 heteroatoms. The third kappa shape index (κ3) is 1.39. The maximum atomic E-state index is 2.29. The van der Waals surface area contributed by atoms with E-state index in [4.69, 9.17) is 0 Å². The van der Waals surface area contributed by atoms with E-state index in [1.54, 1.807) is 0 Å². The van der Waals surface area contributed by atoms with Gasteiger partial charge < -0.3 is 0 Å². The van der Waals surface area contributed by atoms with Crippen LogP contribution in [0.25, 0.3) is 10.8 Å². The Morgan fingerprint density at radius 2 is 2.00 bits per heavy atom. The van der Waals surface area contributed by atoms with Gasteiger partial charge in [-0.05, 0) is 0 Å². The summed E-state index contributed by atoms with van der Waals surface area (Å²) < 4.78 is 2.29. The minimum atomic E-state index is 0.216. The molecule has 0 aliphatic carbocycles. The van der Waals surface area contributed by atoms with E-state index in [-0.39, 0.29) is 5.41 Å². The Morgan fingerprint density at radius 1 is 1.29 bits per heavy atom. The molecule has 2 rings (SSSR count). The first-order valence-electron chi connectivity index (χ1n) is 5.05. The van der Waals surface area contributed by atoms with Gasteiger partial charge in [0.1, 0.15) is 0 Å². The number of hydrogen-bond acceptors (Lipinski definition) is 0. The van der Waals surface area contributed by atoms with Crippen LogP contribution in [0.4, 0.5) is 0 Å². The molecule has 0 saturated carbocycles. The van der Waals surface area contributed by atoms with Crippen molar-refractivity contribution in [1.82, 2.24) is 4.57 Å². The van der Waals surface area contributed by atoms with Crippen LogP contribution in [0.3, 0.4) is 0 Å². The number of aromatic nitrogens is 1. The molecule has 0 radical (unpaired) electrons. The van der Waals surface area contributed by atoms with E-state index in [2.05, 4.69) is 63.5 Å². The van der Waals surface area contributed by atoms with Crippen molar-refractivity contribution in [3.05, 3.63) is 29.9 Å². The van der Waals surface area contributed by atoms with E-state index < -0.39 is 0 Å². The molecule has 0 fully saturated rings. The molecule has 0 N–H and O–H groups in total. The molecular formula is C12H16BN. The first-order valence-corrected chi connectivity index (χ1v) is 5.05. The Kier molecular flexibility index (Phi) is 2.02. The summed E-state index contributed by atoms with van der Waals surface area (Å²) in [4.78, 5) is 0. The second-order valence-electron chi connectivity index (χ2n) is 4.90. The van der Waals surface area contributed by atoms with Crippen molar-refractivity contribution in [2.45, 2.75) is 26.2 Å². The van der Waals surface area contributed by atoms with Gasteiger partial charge >= 0.3 is 85.4 Å². The van der Waals surface area contributed by atoms with Gasteiger partial charge in [0, 0.05) is 0 Å². The summed E-state index contributed by atoms with van der Waals surface area (Å²) in [5.41, 5.74) is 2.92. The molecule has 2 aromatic rings. The Labute approximate surface area is 86.0 Å². The average molecular weight is 185 g/mol. The predicted molar refractivity (Wildman–Crippen MR) is 63.0 cm³/mol. The van der Waals surface area contributed by atoms with Gasteiger partial charge in [0.15, 0.2) is 0 Å². The number of rotatable bonds is 0. The summed E-state index contributed by atoms with van der Waals surface area (Å²) >= 11 is 0. The van der Waals surface area contributed by atoms with Crippen molar-refractivity contribution >= 4 is 17.7 Å². The van der Waals surface area contributed by atoms with Crippen LogP contribution in [0.2, 0.25) is 0 Å². The number of fused-ring (bicyclic) bond motifs is 1. The standard InChI is InChI=1S/C12H16BN/c1-12(2,3)10-8-9-6-5-7-13-11(9)14(10)4/h5-8H,1-4H3. The fraction of sp³-hybridized carbons (Fsp3) is 0.417. The first kappa shape index (κ1) is 9.51. The second kappa shape index (κ2) is 2.98. The molecular weight excluding hydrogens is 169 g/mol. The summed E-state index contributed by atoms with van der Waals surface area (Å²) in [5, 5.41) is 1.33. The van der Waals surface area contributed by atoms with Crippen LogP contribution in [0.5, 0.6) is 0 Å². The molecule has 0 amide bonds. The van der Waals surface area contributed by atoms with Gasteiger partial charge in [-0.25, -0.2) is 0 Å². The van der Waals surface area contributed by atoms with Crippen molar-refractivity contribution in [2.75, 3.05) is 0 Å². The summed E-state index contributed by atoms with van der Waals surface area (Å²) in [6.07, 6.45) is 0. The number of nitrogens with zero attached hydrogens (tertiary/aromatic N) is 1. The van der Waals surface area contributed by atoms with Crippen molar-refractivity contribution in [1.29, 1.82) is 0 Å². The quantitative estimate of drug-likeness (QED) is 0.594. The molecule has 1 nitrogen and oxygen atoms in total. The zero-order chi connectivity index (χ0) is 10.3. The molecule has 72 valence electrons. The summed E-state index contributed by atoms with van der Waals surface area (Å²) in [7, 11) is 2.14. The van der Waals surface area contributed by atoms with Crippen molar-refractivity contribution < 1.29 is 0 Å². The summed E-state index contributed by atoms with van der Waals surface area (Å²) in [6, 6.07) is 6.55. The molecule has 0 saturated heterocycles. The van der Waals surface area contributed by atoms with E-state index in [9.17, 15) is 0 Å². The van der Waals surface area contributed by atoms with Crippen LogP contribution in [-0.2, 0) is 12.5 Å². The topological polar surface area (TPSA) is 4.93 Å². The van der Waals surface area contributed by atoms with Crippen LogP contribution in [0.1, 0.15) is 26.5 Å². The van der Waals surface area contributed by atoms with Gasteiger partial charge in [-0.2, -0.15) is 0 Å². The Balaban J connectivity index is 2.75. The first-order chi connectivity index (χ1) is 6.50. The van der Waals surface area contributed by atoms with Crippen LogP contribution in [0.15, 0.2) is 24.2 Å². The number of aryl methyl sites for hydroxylation is 1. The molecule has 0 unspecified atom stereocenters.